The zero-order valence-corrected chi connectivity index (χ0v) is 13.9. The molecule has 2 aromatic rings. The molecule has 0 bridgehead atoms. The van der Waals surface area contributed by atoms with Gasteiger partial charge < -0.3 is 20.3 Å². The zero-order valence-electron chi connectivity index (χ0n) is 13.9. The number of aromatic amines is 1. The Kier molecular flexibility index (Phi) is 5.45. The van der Waals surface area contributed by atoms with Crippen molar-refractivity contribution < 1.29 is 14.7 Å². The average Bonchev–Trinajstić information content (AvgIpc) is 3.13. The van der Waals surface area contributed by atoms with Crippen LogP contribution in [0.1, 0.15) is 45.3 Å². The predicted octanol–water partition coefficient (Wildman–Crippen LogP) is 1.72. The summed E-state index contributed by atoms with van der Waals surface area (Å²) >= 11 is 0. The number of nitrogens with zero attached hydrogens (tertiary/aromatic N) is 2. The Morgan fingerprint density at radius 2 is 2.12 bits per heavy atom. The lowest BCUT2D eigenvalue weighted by Gasteiger charge is -2.33. The topological polar surface area (TPSA) is 98.3 Å². The zero-order chi connectivity index (χ0) is 17.6. The predicted molar refractivity (Wildman–Crippen MR) is 92.7 cm³/mol. The highest BCUT2D eigenvalue weighted by Gasteiger charge is 2.22. The lowest BCUT2D eigenvalue weighted by Crippen LogP contribution is -2.40. The van der Waals surface area contributed by atoms with Gasteiger partial charge >= 0.3 is 5.97 Å². The smallest absolute Gasteiger partial charge is 0.354 e. The monoisotopic (exact) mass is 342 g/mol. The van der Waals surface area contributed by atoms with Crippen LogP contribution in [-0.2, 0) is 0 Å². The molecule has 1 aliphatic heterocycles. The van der Waals surface area contributed by atoms with Crippen molar-refractivity contribution in [1.29, 1.82) is 0 Å². The maximum Gasteiger partial charge on any atom is 0.354 e. The van der Waals surface area contributed by atoms with Crippen molar-refractivity contribution in [2.24, 2.45) is 0 Å². The molecule has 7 nitrogen and oxygen atoms in total. The van der Waals surface area contributed by atoms with E-state index in [2.05, 4.69) is 44.5 Å². The number of hydrogen-bond donors (Lipinski definition) is 3. The molecule has 2 heterocycles. The standard InChI is InChI=1S/C18H22N4O3/c23-17(15-16(18(24)25)21-12-20-15)19-8-10-22-9-4-7-14(11-22)13-5-2-1-3-6-13/h1-3,5-6,12,14H,4,7-11H2,(H,19,23)(H,20,21)(H,24,25)/t14-/m0/s1. The first-order valence-electron chi connectivity index (χ1n) is 8.47. The molecule has 7 heteroatoms. The van der Waals surface area contributed by atoms with Crippen molar-refractivity contribution in [3.63, 3.8) is 0 Å². The summed E-state index contributed by atoms with van der Waals surface area (Å²) in [5.41, 5.74) is 1.10. The maximum atomic E-state index is 12.1. The average molecular weight is 342 g/mol. The van der Waals surface area contributed by atoms with Crippen LogP contribution in [-0.4, -0.2) is 58.0 Å². The number of H-pyrrole nitrogens is 1. The van der Waals surface area contributed by atoms with E-state index in [4.69, 9.17) is 5.11 Å². The lowest BCUT2D eigenvalue weighted by molar-refractivity contribution is 0.0684. The Bertz CT molecular complexity index is 729. The summed E-state index contributed by atoms with van der Waals surface area (Å²) in [4.78, 5) is 31.7. The highest BCUT2D eigenvalue weighted by molar-refractivity contribution is 6.02. The lowest BCUT2D eigenvalue weighted by atomic mass is 9.91. The second kappa shape index (κ2) is 7.94. The second-order valence-electron chi connectivity index (χ2n) is 6.24. The van der Waals surface area contributed by atoms with E-state index in [-0.39, 0.29) is 11.4 Å². The van der Waals surface area contributed by atoms with Crippen LogP contribution in [0.25, 0.3) is 0 Å². The third kappa shape index (κ3) is 4.24. The van der Waals surface area contributed by atoms with Crippen molar-refractivity contribution in [3.05, 3.63) is 53.6 Å². The number of carboxylic acids is 1. The van der Waals surface area contributed by atoms with Crippen LogP contribution in [0.2, 0.25) is 0 Å². The first kappa shape index (κ1) is 17.2. The number of rotatable bonds is 6. The van der Waals surface area contributed by atoms with Crippen molar-refractivity contribution in [1.82, 2.24) is 20.2 Å². The fraction of sp³-hybridized carbons (Fsp3) is 0.389. The van der Waals surface area contributed by atoms with Gasteiger partial charge in [0.05, 0.1) is 6.33 Å². The third-order valence-corrected chi connectivity index (χ3v) is 4.56. The van der Waals surface area contributed by atoms with Gasteiger partial charge in [0.25, 0.3) is 5.91 Å². The van der Waals surface area contributed by atoms with Gasteiger partial charge in [-0.2, -0.15) is 0 Å². The van der Waals surface area contributed by atoms with Crippen molar-refractivity contribution in [2.75, 3.05) is 26.2 Å². The van der Waals surface area contributed by atoms with E-state index >= 15 is 0 Å². The molecule has 0 saturated carbocycles. The minimum Gasteiger partial charge on any atom is -0.477 e. The van der Waals surface area contributed by atoms with Crippen LogP contribution in [0.5, 0.6) is 0 Å². The van der Waals surface area contributed by atoms with Crippen LogP contribution < -0.4 is 5.32 Å². The van der Waals surface area contributed by atoms with E-state index in [1.807, 2.05) is 6.07 Å². The quantitative estimate of drug-likeness (QED) is 0.742. The summed E-state index contributed by atoms with van der Waals surface area (Å²) in [6.07, 6.45) is 3.53. The normalized spacial score (nSPS) is 18.0. The minimum absolute atomic E-state index is 0.0756. The molecule has 1 fully saturated rings. The van der Waals surface area contributed by atoms with Crippen molar-refractivity contribution in [3.8, 4) is 0 Å². The fourth-order valence-electron chi connectivity index (χ4n) is 3.30. The van der Waals surface area contributed by atoms with Crippen LogP contribution in [0.15, 0.2) is 36.7 Å². The van der Waals surface area contributed by atoms with E-state index in [0.29, 0.717) is 12.5 Å². The Morgan fingerprint density at radius 3 is 2.88 bits per heavy atom. The molecule has 0 unspecified atom stereocenters. The molecule has 3 N–H and O–H groups in total. The molecule has 132 valence electrons. The summed E-state index contributed by atoms with van der Waals surface area (Å²) in [6.45, 7) is 3.19. The SMILES string of the molecule is O=C(NCCN1CCC[C@H](c2ccccc2)C1)c1nc[nH]c1C(=O)O. The summed E-state index contributed by atoms with van der Waals surface area (Å²) in [5.74, 6) is -1.13. The molecule has 1 amide bonds. The number of hydrogen-bond acceptors (Lipinski definition) is 4. The Balaban J connectivity index is 1.49. The van der Waals surface area contributed by atoms with Crippen molar-refractivity contribution >= 4 is 11.9 Å². The van der Waals surface area contributed by atoms with Crippen LogP contribution in [0.4, 0.5) is 0 Å². The number of aromatic nitrogens is 2. The molecular weight excluding hydrogens is 320 g/mol. The largest absolute Gasteiger partial charge is 0.477 e. The van der Waals surface area contributed by atoms with E-state index in [1.54, 1.807) is 0 Å². The highest BCUT2D eigenvalue weighted by Crippen LogP contribution is 2.26. The minimum atomic E-state index is -1.19. The summed E-state index contributed by atoms with van der Waals surface area (Å²) in [6, 6.07) is 10.5. The van der Waals surface area contributed by atoms with Crippen LogP contribution >= 0.6 is 0 Å². The summed E-state index contributed by atoms with van der Waals surface area (Å²) < 4.78 is 0. The number of aromatic carboxylic acids is 1. The molecule has 1 aromatic carbocycles. The number of imidazole rings is 1. The number of benzene rings is 1. The van der Waals surface area contributed by atoms with Crippen molar-refractivity contribution in [2.45, 2.75) is 18.8 Å². The Morgan fingerprint density at radius 1 is 1.32 bits per heavy atom. The van der Waals surface area contributed by atoms with Crippen LogP contribution in [0, 0.1) is 0 Å². The van der Waals surface area contributed by atoms with Gasteiger partial charge in [-0.1, -0.05) is 30.3 Å². The Hall–Kier alpha value is -2.67. The van der Waals surface area contributed by atoms with E-state index < -0.39 is 11.9 Å². The Labute approximate surface area is 146 Å². The molecule has 25 heavy (non-hydrogen) atoms. The van der Waals surface area contributed by atoms with Crippen LogP contribution in [0.3, 0.4) is 0 Å². The van der Waals surface area contributed by atoms with Gasteiger partial charge in [0.15, 0.2) is 11.4 Å². The van der Waals surface area contributed by atoms with E-state index in [9.17, 15) is 9.59 Å². The number of carbonyl (C=O) groups is 2. The summed E-state index contributed by atoms with van der Waals surface area (Å²) in [7, 11) is 0. The molecule has 1 aliphatic rings. The van der Waals surface area contributed by atoms with Gasteiger partial charge in [-0.25, -0.2) is 9.78 Å². The molecule has 1 atom stereocenters. The van der Waals surface area contributed by atoms with Gasteiger partial charge in [0.1, 0.15) is 0 Å². The number of likely N-dealkylation sites (tertiary alicyclic amines) is 1. The second-order valence-corrected chi connectivity index (χ2v) is 6.24. The fourth-order valence-corrected chi connectivity index (χ4v) is 3.30. The van der Waals surface area contributed by atoms with E-state index in [1.165, 1.54) is 18.3 Å². The number of carbonyl (C=O) groups excluding carboxylic acids is 1. The first-order valence-corrected chi connectivity index (χ1v) is 8.47. The highest BCUT2D eigenvalue weighted by atomic mass is 16.4. The van der Waals surface area contributed by atoms with Gasteiger partial charge in [0.2, 0.25) is 0 Å². The van der Waals surface area contributed by atoms with Gasteiger partial charge in [-0.05, 0) is 30.9 Å². The number of amides is 1. The van der Waals surface area contributed by atoms with Gasteiger partial charge in [-0.3, -0.25) is 4.79 Å². The number of piperidine rings is 1. The molecular formula is C18H22N4O3. The molecule has 0 spiro atoms. The third-order valence-electron chi connectivity index (χ3n) is 4.56. The maximum absolute atomic E-state index is 12.1. The molecule has 0 radical (unpaired) electrons. The van der Waals surface area contributed by atoms with Gasteiger partial charge in [-0.15, -0.1) is 0 Å². The molecule has 1 aromatic heterocycles. The van der Waals surface area contributed by atoms with E-state index in [0.717, 1.165) is 26.1 Å². The molecule has 3 rings (SSSR count). The van der Waals surface area contributed by atoms with Gasteiger partial charge in [0, 0.05) is 19.6 Å². The number of carboxylic acid groups (broad SMARTS) is 1. The summed E-state index contributed by atoms with van der Waals surface area (Å²) in [5, 5.41) is 11.8. The number of nitrogens with one attached hydrogen (secondary N) is 2. The molecule has 1 saturated heterocycles. The molecule has 0 aliphatic carbocycles. The first-order chi connectivity index (χ1) is 12.1.